The molecule has 0 aliphatic carbocycles. The summed E-state index contributed by atoms with van der Waals surface area (Å²) in [4.78, 5) is 178. The van der Waals surface area contributed by atoms with Gasteiger partial charge in [-0.05, 0) is 91.5 Å². The van der Waals surface area contributed by atoms with Crippen LogP contribution in [0, 0.1) is 5.92 Å². The number of carbonyl (C=O) groups is 13. The van der Waals surface area contributed by atoms with E-state index < -0.39 is 188 Å². The lowest BCUT2D eigenvalue weighted by atomic mass is 10.0. The van der Waals surface area contributed by atoms with E-state index in [0.717, 1.165) is 17.4 Å². The molecule has 98 heavy (non-hydrogen) atoms. The van der Waals surface area contributed by atoms with Crippen LogP contribution in [0.4, 0.5) is 0 Å². The Morgan fingerprint density at radius 1 is 0.490 bits per heavy atom. The Bertz CT molecular complexity index is 3420. The van der Waals surface area contributed by atoms with Crippen molar-refractivity contribution in [2.24, 2.45) is 17.4 Å². The van der Waals surface area contributed by atoms with Crippen molar-refractivity contribution in [1.82, 2.24) is 52.8 Å². The number of nitrogens with zero attached hydrogens (tertiary/aromatic N) is 1. The number of phenols is 2. The van der Waals surface area contributed by atoms with Crippen LogP contribution < -0.4 is 59.3 Å². The SMILES string of the molecule is CC(C)C[C@H](NC(=O)[C@H](CC(N)=O)NC(=O)[C@H](CCC(=O)O)NC(=O)[C@H](Cc1ccccc1)NC(=O)[C@H](Cc1ccc(O)cc1)NC(=O)[C@H](CO)NC(=O)[C@@H]1CCCN1C(=O)[C@H](CO)NC(=O)[C@@H](NC(=O)[C@H](Cc1ccc(O)cc1)NC(=O)[C@@H](N)Cc1ccccc1)[C@@H](C)O)C(=O)O. The van der Waals surface area contributed by atoms with Crippen LogP contribution in [0.3, 0.4) is 0 Å². The Kier molecular flexibility index (Phi) is 30.5. The number of aromatic hydroxyl groups is 2. The number of rotatable bonds is 38. The highest BCUT2D eigenvalue weighted by molar-refractivity contribution is 6.00. The topological polar surface area (TPSA) is 527 Å². The van der Waals surface area contributed by atoms with E-state index in [1.807, 2.05) is 0 Å². The van der Waals surface area contributed by atoms with Crippen molar-refractivity contribution < 1.29 is 98.1 Å². The quantitative estimate of drug-likeness (QED) is 0.0205. The number of phenolic OH excluding ortho intramolecular Hbond substituents is 2. The van der Waals surface area contributed by atoms with Gasteiger partial charge in [0.1, 0.15) is 71.9 Å². The fourth-order valence-electron chi connectivity index (χ4n) is 10.5. The van der Waals surface area contributed by atoms with Gasteiger partial charge in [0.2, 0.25) is 65.0 Å². The summed E-state index contributed by atoms with van der Waals surface area (Å²) in [5.41, 5.74) is 13.5. The van der Waals surface area contributed by atoms with Gasteiger partial charge in [0, 0.05) is 32.2 Å². The highest BCUT2D eigenvalue weighted by Crippen LogP contribution is 2.21. The van der Waals surface area contributed by atoms with E-state index in [1.165, 1.54) is 48.5 Å². The molecule has 0 unspecified atom stereocenters. The number of hydrogen-bond acceptors (Lipinski definition) is 19. The van der Waals surface area contributed by atoms with Crippen LogP contribution in [0.2, 0.25) is 0 Å². The van der Waals surface area contributed by atoms with E-state index in [-0.39, 0.29) is 62.5 Å². The predicted octanol–water partition coefficient (Wildman–Crippen LogP) is -3.71. The lowest BCUT2D eigenvalue weighted by Gasteiger charge is -2.31. The Hall–Kier alpha value is -10.6. The summed E-state index contributed by atoms with van der Waals surface area (Å²) in [5.74, 6) is -15.2. The Labute approximate surface area is 563 Å². The average Bonchev–Trinajstić information content (AvgIpc) is 1.08. The van der Waals surface area contributed by atoms with Crippen molar-refractivity contribution in [1.29, 1.82) is 0 Å². The molecule has 4 aromatic carbocycles. The number of primary amides is 1. The minimum absolute atomic E-state index is 0.0521. The molecule has 1 fully saturated rings. The Balaban J connectivity index is 1.33. The molecule has 0 bridgehead atoms. The van der Waals surface area contributed by atoms with Crippen LogP contribution in [-0.2, 0) is 88.0 Å². The maximum Gasteiger partial charge on any atom is 0.326 e. The normalized spacial score (nSPS) is 16.0. The van der Waals surface area contributed by atoms with Crippen LogP contribution >= 0.6 is 0 Å². The molecular formula is C66H86N12O20. The summed E-state index contributed by atoms with van der Waals surface area (Å²) in [6, 6.07) is 9.80. The molecule has 1 aliphatic heterocycles. The van der Waals surface area contributed by atoms with Gasteiger partial charge in [-0.25, -0.2) is 4.79 Å². The largest absolute Gasteiger partial charge is 0.508 e. The molecule has 1 aliphatic rings. The van der Waals surface area contributed by atoms with E-state index in [9.17, 15) is 98.1 Å². The van der Waals surface area contributed by atoms with Crippen LogP contribution in [-0.4, -0.2) is 210 Å². The molecule has 530 valence electrons. The monoisotopic (exact) mass is 1370 g/mol. The summed E-state index contributed by atoms with van der Waals surface area (Å²) in [5, 5.41) is 92.8. The first-order valence-corrected chi connectivity index (χ1v) is 31.5. The molecular weight excluding hydrogens is 1280 g/mol. The lowest BCUT2D eigenvalue weighted by Crippen LogP contribution is -2.62. The lowest BCUT2D eigenvalue weighted by molar-refractivity contribution is -0.144. The maximum atomic E-state index is 14.6. The van der Waals surface area contributed by atoms with Gasteiger partial charge in [-0.15, -0.1) is 0 Å². The number of carbonyl (C=O) groups excluding carboxylic acids is 11. The number of carboxylic acids is 2. The van der Waals surface area contributed by atoms with Crippen molar-refractivity contribution >= 4 is 76.9 Å². The molecule has 32 heteroatoms. The predicted molar refractivity (Wildman–Crippen MR) is 348 cm³/mol. The highest BCUT2D eigenvalue weighted by Gasteiger charge is 2.41. The van der Waals surface area contributed by atoms with Crippen molar-refractivity contribution in [3.8, 4) is 11.5 Å². The summed E-state index contributed by atoms with van der Waals surface area (Å²) in [6.07, 6.45) is -4.68. The van der Waals surface area contributed by atoms with Crippen LogP contribution in [0.25, 0.3) is 0 Å². The third-order valence-electron chi connectivity index (χ3n) is 15.7. The highest BCUT2D eigenvalue weighted by atomic mass is 16.4. The van der Waals surface area contributed by atoms with Crippen molar-refractivity contribution in [3.05, 3.63) is 131 Å². The van der Waals surface area contributed by atoms with E-state index in [2.05, 4.69) is 47.9 Å². The number of benzene rings is 4. The van der Waals surface area contributed by atoms with E-state index in [1.54, 1.807) is 74.5 Å². The van der Waals surface area contributed by atoms with Crippen LogP contribution in [0.5, 0.6) is 11.5 Å². The molecule has 32 nitrogen and oxygen atoms in total. The van der Waals surface area contributed by atoms with E-state index >= 15 is 0 Å². The Morgan fingerprint density at radius 2 is 0.898 bits per heavy atom. The third kappa shape index (κ3) is 24.9. The summed E-state index contributed by atoms with van der Waals surface area (Å²) in [7, 11) is 0. The molecule has 0 aromatic heterocycles. The van der Waals surface area contributed by atoms with Crippen molar-refractivity contribution in [3.63, 3.8) is 0 Å². The molecule has 1 heterocycles. The number of nitrogens with two attached hydrogens (primary N) is 2. The summed E-state index contributed by atoms with van der Waals surface area (Å²) in [6.45, 7) is 2.17. The molecule has 0 spiro atoms. The fourth-order valence-corrected chi connectivity index (χ4v) is 10.5. The Morgan fingerprint density at radius 3 is 1.36 bits per heavy atom. The zero-order valence-electron chi connectivity index (χ0n) is 54.1. The first-order valence-electron chi connectivity index (χ1n) is 31.5. The van der Waals surface area contributed by atoms with Gasteiger partial charge in [-0.3, -0.25) is 57.5 Å². The minimum Gasteiger partial charge on any atom is -0.508 e. The van der Waals surface area contributed by atoms with Crippen molar-refractivity contribution in [2.45, 2.75) is 158 Å². The molecule has 11 amide bonds. The zero-order chi connectivity index (χ0) is 72.3. The number of likely N-dealkylation sites (tertiary alicyclic amines) is 1. The van der Waals surface area contributed by atoms with Crippen LogP contribution in [0.1, 0.15) is 81.5 Å². The van der Waals surface area contributed by atoms with Gasteiger partial charge in [0.25, 0.3) is 0 Å². The number of amides is 11. The zero-order valence-corrected chi connectivity index (χ0v) is 54.1. The second kappa shape index (κ2) is 38.2. The first kappa shape index (κ1) is 78.1. The van der Waals surface area contributed by atoms with Gasteiger partial charge in [0.15, 0.2) is 0 Å². The first-order chi connectivity index (χ1) is 46.5. The number of carboxylic acid groups (broad SMARTS) is 2. The summed E-state index contributed by atoms with van der Waals surface area (Å²) < 4.78 is 0. The minimum atomic E-state index is -1.87. The average molecular weight is 1370 g/mol. The fraction of sp³-hybridized carbons (Fsp3) is 0.439. The van der Waals surface area contributed by atoms with Gasteiger partial charge < -0.3 is 100.0 Å². The van der Waals surface area contributed by atoms with Gasteiger partial charge >= 0.3 is 11.9 Å². The molecule has 0 saturated carbocycles. The number of aliphatic carboxylic acids is 2. The van der Waals surface area contributed by atoms with Crippen molar-refractivity contribution in [2.75, 3.05) is 19.8 Å². The molecule has 0 radical (unpaired) electrons. The number of nitrogens with one attached hydrogen (secondary N) is 9. The summed E-state index contributed by atoms with van der Waals surface area (Å²) >= 11 is 0. The number of aliphatic hydroxyl groups is 3. The second-order valence-corrected chi connectivity index (χ2v) is 24.1. The molecule has 1 saturated heterocycles. The molecule has 12 atom stereocenters. The maximum absolute atomic E-state index is 14.6. The van der Waals surface area contributed by atoms with Gasteiger partial charge in [-0.1, -0.05) is 98.8 Å². The molecule has 20 N–H and O–H groups in total. The third-order valence-corrected chi connectivity index (χ3v) is 15.7. The van der Waals surface area contributed by atoms with Gasteiger partial charge in [-0.2, -0.15) is 0 Å². The molecule has 5 rings (SSSR count). The van der Waals surface area contributed by atoms with E-state index in [4.69, 9.17) is 11.5 Å². The number of aliphatic hydroxyl groups excluding tert-OH is 3. The standard InChI is InChI=1S/C66H86N12O20/c1-35(2)27-49(66(97)98)74-60(91)48(32-53(68)84)73-57(88)44(24-25-54(85)86)69-58(89)45(29-38-13-8-5-9-14-38)71-59(90)46(30-39-16-20-41(82)21-17-39)72-62(93)50(33-79)75-63(94)52-15-10-26-78(52)65(96)51(34-80)76-64(95)55(36(3)81)77-61(92)47(31-40-18-22-42(83)23-19-40)70-56(87)43(67)28-37-11-6-4-7-12-37/h4-9,11-14,16-23,35-36,43-52,55,79-83H,10,15,24-34,67H2,1-3H3,(H2,68,84)(H,69,89)(H,70,87)(H,71,90)(H,72,93)(H,73,88)(H,74,91)(H,75,94)(H,76,95)(H,77,92)(H,85,86)(H,97,98)/t36-,43+,44+,45+,46+,47+,48+,49+,50+,51+,52+,55+/m1/s1. The number of hydrogen-bond donors (Lipinski definition) is 18. The second-order valence-electron chi connectivity index (χ2n) is 24.1. The smallest absolute Gasteiger partial charge is 0.326 e. The van der Waals surface area contributed by atoms with Crippen LogP contribution in [0.15, 0.2) is 109 Å². The van der Waals surface area contributed by atoms with Gasteiger partial charge in [0.05, 0.1) is 31.8 Å². The molecule has 4 aromatic rings. The van der Waals surface area contributed by atoms with E-state index in [0.29, 0.717) is 16.7 Å².